The third kappa shape index (κ3) is 45.6. The van der Waals surface area contributed by atoms with Crippen LogP contribution in [0, 0.1) is 0 Å². The van der Waals surface area contributed by atoms with Crippen molar-refractivity contribution in [2.45, 2.75) is 13.8 Å². The molecule has 0 aliphatic heterocycles. The highest BCUT2D eigenvalue weighted by Gasteiger charge is 1.93. The van der Waals surface area contributed by atoms with Crippen molar-refractivity contribution in [2.24, 2.45) is 0 Å². The van der Waals surface area contributed by atoms with Crippen molar-refractivity contribution in [3.8, 4) is 0 Å². The molecule has 0 aromatic heterocycles. The predicted molar refractivity (Wildman–Crippen MR) is 39.9 cm³/mol. The molecule has 0 saturated heterocycles. The zero-order valence-corrected chi connectivity index (χ0v) is 7.06. The summed E-state index contributed by atoms with van der Waals surface area (Å²) in [6, 6.07) is 0. The predicted octanol–water partition coefficient (Wildman–Crippen LogP) is 0.0547. The van der Waals surface area contributed by atoms with E-state index < -0.39 is 10.1 Å². The van der Waals surface area contributed by atoms with Gasteiger partial charge in [0.1, 0.15) is 0 Å². The zero-order chi connectivity index (χ0) is 7.91. The molecule has 0 spiro atoms. The van der Waals surface area contributed by atoms with Crippen molar-refractivity contribution in [3.05, 3.63) is 0 Å². The third-order valence-corrected chi connectivity index (χ3v) is 1.09. The highest BCUT2D eigenvalue weighted by molar-refractivity contribution is 7.85. The SMILES string of the molecule is CCO.CCS(=O)(=O)O.N. The van der Waals surface area contributed by atoms with Crippen molar-refractivity contribution in [2.75, 3.05) is 12.4 Å². The number of rotatable bonds is 1. The molecule has 0 rings (SSSR count). The second-order valence-corrected chi connectivity index (χ2v) is 2.93. The standard InChI is InChI=1S/C2H6O3S.C2H6O.H3N/c1-2-6(3,4)5;1-2-3;/h2H2,1H3,(H,3,4,5);3H,2H2,1H3;1H3. The van der Waals surface area contributed by atoms with Crippen LogP contribution >= 0.6 is 0 Å². The Morgan fingerprint density at radius 2 is 1.40 bits per heavy atom. The molecule has 0 fully saturated rings. The molecule has 0 aliphatic rings. The van der Waals surface area contributed by atoms with E-state index in [0.29, 0.717) is 0 Å². The van der Waals surface area contributed by atoms with E-state index in [9.17, 15) is 8.42 Å². The van der Waals surface area contributed by atoms with Crippen molar-refractivity contribution in [3.63, 3.8) is 0 Å². The quantitative estimate of drug-likeness (QED) is 0.485. The second kappa shape index (κ2) is 8.83. The Morgan fingerprint density at radius 3 is 1.40 bits per heavy atom. The van der Waals surface area contributed by atoms with E-state index in [2.05, 4.69) is 0 Å². The number of aliphatic hydroxyl groups is 1. The summed E-state index contributed by atoms with van der Waals surface area (Å²) in [7, 11) is -3.66. The lowest BCUT2D eigenvalue weighted by molar-refractivity contribution is 0.318. The maximum atomic E-state index is 9.56. The van der Waals surface area contributed by atoms with Crippen LogP contribution in [0.25, 0.3) is 0 Å². The average Bonchev–Trinajstić information content (AvgIpc) is 1.67. The summed E-state index contributed by atoms with van der Waals surface area (Å²) >= 11 is 0. The minimum atomic E-state index is -3.66. The van der Waals surface area contributed by atoms with Crippen LogP contribution in [-0.2, 0) is 10.1 Å². The molecule has 5 N–H and O–H groups in total. The average molecular weight is 173 g/mol. The molecular weight excluding hydrogens is 158 g/mol. The highest BCUT2D eigenvalue weighted by Crippen LogP contribution is 1.74. The Balaban J connectivity index is -0.000000107. The molecule has 0 aromatic rings. The summed E-state index contributed by atoms with van der Waals surface area (Å²) in [4.78, 5) is 0. The Hall–Kier alpha value is -0.170. The second-order valence-electron chi connectivity index (χ2n) is 1.19. The Morgan fingerprint density at radius 1 is 1.30 bits per heavy atom. The molecule has 0 heterocycles. The fourth-order valence-electron chi connectivity index (χ4n) is 0. The first kappa shape index (κ1) is 16.4. The normalized spacial score (nSPS) is 8.80. The van der Waals surface area contributed by atoms with Gasteiger partial charge >= 0.3 is 0 Å². The van der Waals surface area contributed by atoms with Crippen LogP contribution in [0.3, 0.4) is 0 Å². The Bertz CT molecular complexity index is 130. The topological polar surface area (TPSA) is 110 Å². The smallest absolute Gasteiger partial charge is 0.264 e. The van der Waals surface area contributed by atoms with Crippen LogP contribution in [0.1, 0.15) is 13.8 Å². The number of hydrogen-bond donors (Lipinski definition) is 3. The molecule has 0 bridgehead atoms. The molecule has 5 nitrogen and oxygen atoms in total. The van der Waals surface area contributed by atoms with Gasteiger partial charge in [-0.25, -0.2) is 0 Å². The summed E-state index contributed by atoms with van der Waals surface area (Å²) in [5.74, 6) is -0.201. The minimum absolute atomic E-state index is 0. The van der Waals surface area contributed by atoms with Gasteiger partial charge in [-0.2, -0.15) is 8.42 Å². The first-order valence-corrected chi connectivity index (χ1v) is 4.14. The molecule has 0 atom stereocenters. The Kier molecular flexibility index (Phi) is 14.5. The summed E-state index contributed by atoms with van der Waals surface area (Å²) in [5, 5.41) is 7.57. The lowest BCUT2D eigenvalue weighted by atomic mass is 10.9. The van der Waals surface area contributed by atoms with Gasteiger partial charge in [-0.1, -0.05) is 0 Å². The van der Waals surface area contributed by atoms with E-state index in [4.69, 9.17) is 9.66 Å². The van der Waals surface area contributed by atoms with E-state index in [0.717, 1.165) is 0 Å². The molecule has 0 saturated carbocycles. The monoisotopic (exact) mass is 173 g/mol. The summed E-state index contributed by atoms with van der Waals surface area (Å²) in [5.41, 5.74) is 0. The van der Waals surface area contributed by atoms with Crippen LogP contribution in [0.5, 0.6) is 0 Å². The summed E-state index contributed by atoms with van der Waals surface area (Å²) in [6.07, 6.45) is 0. The van der Waals surface area contributed by atoms with Gasteiger partial charge in [0, 0.05) is 6.61 Å². The van der Waals surface area contributed by atoms with Gasteiger partial charge in [0.25, 0.3) is 10.1 Å². The van der Waals surface area contributed by atoms with Crippen molar-refractivity contribution >= 4 is 10.1 Å². The van der Waals surface area contributed by atoms with Gasteiger partial charge in [-0.05, 0) is 13.8 Å². The van der Waals surface area contributed by atoms with Crippen LogP contribution in [0.15, 0.2) is 0 Å². The fraction of sp³-hybridized carbons (Fsp3) is 1.00. The summed E-state index contributed by atoms with van der Waals surface area (Å²) in [6.45, 7) is 3.30. The van der Waals surface area contributed by atoms with Gasteiger partial charge in [-0.3, -0.25) is 4.55 Å². The summed E-state index contributed by atoms with van der Waals surface area (Å²) < 4.78 is 26.9. The molecule has 0 aliphatic carbocycles. The Labute approximate surface area is 61.4 Å². The van der Waals surface area contributed by atoms with Crippen LogP contribution in [0.2, 0.25) is 0 Å². The van der Waals surface area contributed by atoms with E-state index in [-0.39, 0.29) is 18.5 Å². The number of aliphatic hydroxyl groups excluding tert-OH is 1. The maximum Gasteiger partial charge on any atom is 0.264 e. The van der Waals surface area contributed by atoms with E-state index in [1.54, 1.807) is 6.92 Å². The third-order valence-electron chi connectivity index (χ3n) is 0.365. The number of hydrogen-bond acceptors (Lipinski definition) is 4. The largest absolute Gasteiger partial charge is 0.397 e. The fourth-order valence-corrected chi connectivity index (χ4v) is 0. The van der Waals surface area contributed by atoms with Crippen LogP contribution in [-0.4, -0.2) is 30.4 Å². The molecule has 10 heavy (non-hydrogen) atoms. The first-order chi connectivity index (χ1) is 3.97. The van der Waals surface area contributed by atoms with Crippen molar-refractivity contribution in [1.29, 1.82) is 0 Å². The molecular formula is C4H15NO4S. The highest BCUT2D eigenvalue weighted by atomic mass is 32.2. The molecule has 66 valence electrons. The van der Waals surface area contributed by atoms with Gasteiger partial charge in [0.05, 0.1) is 5.75 Å². The van der Waals surface area contributed by atoms with E-state index in [1.807, 2.05) is 0 Å². The van der Waals surface area contributed by atoms with Crippen LogP contribution in [0.4, 0.5) is 0 Å². The zero-order valence-electron chi connectivity index (χ0n) is 6.24. The molecule has 0 radical (unpaired) electrons. The lowest BCUT2D eigenvalue weighted by Crippen LogP contribution is -1.97. The van der Waals surface area contributed by atoms with Crippen molar-refractivity contribution in [1.82, 2.24) is 6.15 Å². The lowest BCUT2D eigenvalue weighted by Gasteiger charge is -1.79. The maximum absolute atomic E-state index is 9.56. The van der Waals surface area contributed by atoms with Crippen LogP contribution < -0.4 is 6.15 Å². The van der Waals surface area contributed by atoms with E-state index >= 15 is 0 Å². The molecule has 6 heteroatoms. The van der Waals surface area contributed by atoms with Crippen molar-refractivity contribution < 1.29 is 18.1 Å². The first-order valence-electron chi connectivity index (χ1n) is 2.54. The van der Waals surface area contributed by atoms with Gasteiger partial charge < -0.3 is 11.3 Å². The molecule has 0 amide bonds. The van der Waals surface area contributed by atoms with Gasteiger partial charge in [-0.15, -0.1) is 0 Å². The van der Waals surface area contributed by atoms with E-state index in [1.165, 1.54) is 6.92 Å². The molecule has 0 aromatic carbocycles. The van der Waals surface area contributed by atoms with Gasteiger partial charge in [0.15, 0.2) is 0 Å². The van der Waals surface area contributed by atoms with Gasteiger partial charge in [0.2, 0.25) is 0 Å². The minimum Gasteiger partial charge on any atom is -0.397 e. The molecule has 0 unspecified atom stereocenters.